The standard InChI is InChI=1S/C13H14NO2Si/c1-17(2)16-13-6-4-3-5-12(13)14-9-11-7-8-15-10-11/h3-10H,1-2H3. The highest BCUT2D eigenvalue weighted by atomic mass is 28.3. The Kier molecular flexibility index (Phi) is 3.77. The summed E-state index contributed by atoms with van der Waals surface area (Å²) in [5, 5.41) is 0. The first kappa shape index (κ1) is 11.7. The van der Waals surface area contributed by atoms with E-state index in [0.717, 1.165) is 17.0 Å². The lowest BCUT2D eigenvalue weighted by Crippen LogP contribution is -2.11. The molecule has 3 nitrogen and oxygen atoms in total. The van der Waals surface area contributed by atoms with E-state index < -0.39 is 9.04 Å². The third-order valence-corrected chi connectivity index (χ3v) is 2.70. The average Bonchev–Trinajstić information content (AvgIpc) is 2.80. The summed E-state index contributed by atoms with van der Waals surface area (Å²) in [6.45, 7) is 4.20. The van der Waals surface area contributed by atoms with Gasteiger partial charge in [-0.05, 0) is 31.3 Å². The van der Waals surface area contributed by atoms with E-state index in [0.29, 0.717) is 0 Å². The number of hydrogen-bond acceptors (Lipinski definition) is 3. The van der Waals surface area contributed by atoms with Gasteiger partial charge in [0.15, 0.2) is 0 Å². The van der Waals surface area contributed by atoms with Gasteiger partial charge in [-0.1, -0.05) is 12.1 Å². The van der Waals surface area contributed by atoms with E-state index in [9.17, 15) is 0 Å². The van der Waals surface area contributed by atoms with Crippen molar-refractivity contribution in [2.45, 2.75) is 13.1 Å². The molecule has 0 aliphatic rings. The minimum atomic E-state index is -0.773. The number of aliphatic imine (C=N–C) groups is 1. The van der Waals surface area contributed by atoms with Crippen LogP contribution in [0.1, 0.15) is 5.56 Å². The zero-order chi connectivity index (χ0) is 12.1. The normalized spacial score (nSPS) is 11.2. The molecule has 1 heterocycles. The molecule has 0 saturated carbocycles. The van der Waals surface area contributed by atoms with Gasteiger partial charge >= 0.3 is 0 Å². The highest BCUT2D eigenvalue weighted by Gasteiger charge is 2.04. The summed E-state index contributed by atoms with van der Waals surface area (Å²) in [6, 6.07) is 9.65. The second-order valence-corrected chi connectivity index (χ2v) is 5.81. The Morgan fingerprint density at radius 2 is 2.06 bits per heavy atom. The molecule has 2 rings (SSSR count). The maximum atomic E-state index is 5.78. The highest BCUT2D eigenvalue weighted by Crippen LogP contribution is 2.27. The maximum absolute atomic E-state index is 5.78. The molecule has 0 fully saturated rings. The topological polar surface area (TPSA) is 34.7 Å². The van der Waals surface area contributed by atoms with E-state index >= 15 is 0 Å². The van der Waals surface area contributed by atoms with Crippen molar-refractivity contribution in [3.05, 3.63) is 48.4 Å². The lowest BCUT2D eigenvalue weighted by atomic mass is 10.3. The summed E-state index contributed by atoms with van der Waals surface area (Å²) >= 11 is 0. The largest absolute Gasteiger partial charge is 0.541 e. The van der Waals surface area contributed by atoms with Gasteiger partial charge in [0.05, 0.1) is 12.5 Å². The first-order valence-corrected chi connectivity index (χ1v) is 7.80. The molecule has 2 aromatic rings. The van der Waals surface area contributed by atoms with Crippen LogP contribution in [0.5, 0.6) is 5.75 Å². The predicted octanol–water partition coefficient (Wildman–Crippen LogP) is 3.66. The molecule has 0 unspecified atom stereocenters. The summed E-state index contributed by atoms with van der Waals surface area (Å²) in [6.07, 6.45) is 5.05. The molecule has 17 heavy (non-hydrogen) atoms. The Hall–Kier alpha value is -1.81. The predicted molar refractivity (Wildman–Crippen MR) is 70.5 cm³/mol. The number of para-hydroxylation sites is 2. The number of benzene rings is 1. The van der Waals surface area contributed by atoms with Crippen molar-refractivity contribution in [1.82, 2.24) is 0 Å². The van der Waals surface area contributed by atoms with Crippen molar-refractivity contribution in [1.29, 1.82) is 0 Å². The number of hydrogen-bond donors (Lipinski definition) is 0. The fraction of sp³-hybridized carbons (Fsp3) is 0.154. The SMILES string of the molecule is C[Si](C)Oc1ccccc1N=Cc1ccoc1. The summed E-state index contributed by atoms with van der Waals surface area (Å²) in [7, 11) is -0.773. The molecule has 87 valence electrons. The Labute approximate surface area is 102 Å². The van der Waals surface area contributed by atoms with Crippen LogP contribution in [0.3, 0.4) is 0 Å². The number of furan rings is 1. The van der Waals surface area contributed by atoms with Crippen LogP contribution in [0.4, 0.5) is 5.69 Å². The van der Waals surface area contributed by atoms with E-state index in [4.69, 9.17) is 8.84 Å². The Morgan fingerprint density at radius 1 is 1.24 bits per heavy atom. The first-order chi connectivity index (χ1) is 8.25. The molecule has 0 atom stereocenters. The third kappa shape index (κ3) is 3.32. The molecule has 4 heteroatoms. The molecule has 1 aromatic carbocycles. The van der Waals surface area contributed by atoms with Crippen molar-refractivity contribution in [3.63, 3.8) is 0 Å². The monoisotopic (exact) mass is 244 g/mol. The molecule has 1 aromatic heterocycles. The molecule has 0 spiro atoms. The van der Waals surface area contributed by atoms with E-state index in [1.54, 1.807) is 18.7 Å². The Morgan fingerprint density at radius 3 is 2.76 bits per heavy atom. The fourth-order valence-electron chi connectivity index (χ4n) is 1.36. The van der Waals surface area contributed by atoms with Gasteiger partial charge in [0.1, 0.15) is 11.4 Å². The average molecular weight is 244 g/mol. The van der Waals surface area contributed by atoms with Gasteiger partial charge in [-0.15, -0.1) is 0 Å². The summed E-state index contributed by atoms with van der Waals surface area (Å²) in [5.74, 6) is 0.839. The van der Waals surface area contributed by atoms with Crippen LogP contribution in [0.15, 0.2) is 52.3 Å². The molecule has 0 aliphatic carbocycles. The van der Waals surface area contributed by atoms with Gasteiger partial charge in [0.2, 0.25) is 0 Å². The van der Waals surface area contributed by atoms with E-state index in [1.807, 2.05) is 30.3 Å². The lowest BCUT2D eigenvalue weighted by Gasteiger charge is -2.10. The molecule has 0 amide bonds. The van der Waals surface area contributed by atoms with Gasteiger partial charge in [-0.25, -0.2) is 0 Å². The second kappa shape index (κ2) is 5.50. The quantitative estimate of drug-likeness (QED) is 0.607. The van der Waals surface area contributed by atoms with Crippen LogP contribution in [-0.4, -0.2) is 15.3 Å². The Bertz CT molecular complexity index is 492. The van der Waals surface area contributed by atoms with Crippen molar-refractivity contribution in [2.24, 2.45) is 4.99 Å². The molecule has 0 bridgehead atoms. The van der Waals surface area contributed by atoms with Gasteiger partial charge in [0, 0.05) is 11.8 Å². The van der Waals surface area contributed by atoms with Crippen molar-refractivity contribution < 1.29 is 8.84 Å². The Balaban J connectivity index is 2.20. The molecule has 0 N–H and O–H groups in total. The third-order valence-electron chi connectivity index (χ3n) is 2.08. The van der Waals surface area contributed by atoms with Crippen LogP contribution >= 0.6 is 0 Å². The molecule has 0 aliphatic heterocycles. The molecular weight excluding hydrogens is 230 g/mol. The van der Waals surface area contributed by atoms with Crippen LogP contribution in [0.2, 0.25) is 13.1 Å². The fourth-order valence-corrected chi connectivity index (χ4v) is 1.98. The summed E-state index contributed by atoms with van der Waals surface area (Å²) < 4.78 is 10.8. The van der Waals surface area contributed by atoms with E-state index in [2.05, 4.69) is 18.1 Å². The zero-order valence-corrected chi connectivity index (χ0v) is 10.9. The molecule has 0 saturated heterocycles. The molecule has 1 radical (unpaired) electrons. The maximum Gasteiger partial charge on any atom is 0.274 e. The zero-order valence-electron chi connectivity index (χ0n) is 9.88. The smallest absolute Gasteiger partial charge is 0.274 e. The lowest BCUT2D eigenvalue weighted by molar-refractivity contribution is 0.567. The van der Waals surface area contributed by atoms with Gasteiger partial charge in [-0.2, -0.15) is 0 Å². The van der Waals surface area contributed by atoms with Crippen molar-refractivity contribution in [2.75, 3.05) is 0 Å². The van der Waals surface area contributed by atoms with Crippen LogP contribution < -0.4 is 4.43 Å². The minimum absolute atomic E-state index is 0.773. The highest BCUT2D eigenvalue weighted by molar-refractivity contribution is 6.49. The summed E-state index contributed by atoms with van der Waals surface area (Å²) in [5.41, 5.74) is 1.79. The van der Waals surface area contributed by atoms with E-state index in [-0.39, 0.29) is 0 Å². The molecular formula is C13H14NO2Si. The van der Waals surface area contributed by atoms with Crippen LogP contribution in [0, 0.1) is 0 Å². The van der Waals surface area contributed by atoms with Gasteiger partial charge < -0.3 is 8.84 Å². The number of nitrogens with zero attached hydrogens (tertiary/aromatic N) is 1. The van der Waals surface area contributed by atoms with Crippen molar-refractivity contribution in [3.8, 4) is 5.75 Å². The van der Waals surface area contributed by atoms with Crippen molar-refractivity contribution >= 4 is 20.9 Å². The summed E-state index contributed by atoms with van der Waals surface area (Å²) in [4.78, 5) is 4.41. The second-order valence-electron chi connectivity index (χ2n) is 3.79. The van der Waals surface area contributed by atoms with Gasteiger partial charge in [0.25, 0.3) is 9.04 Å². The first-order valence-electron chi connectivity index (χ1n) is 5.39. The minimum Gasteiger partial charge on any atom is -0.541 e. The number of rotatable bonds is 4. The van der Waals surface area contributed by atoms with Crippen LogP contribution in [0.25, 0.3) is 0 Å². The van der Waals surface area contributed by atoms with E-state index in [1.165, 1.54) is 0 Å². The van der Waals surface area contributed by atoms with Crippen LogP contribution in [-0.2, 0) is 0 Å². The van der Waals surface area contributed by atoms with Gasteiger partial charge in [-0.3, -0.25) is 4.99 Å².